The molecule has 0 spiro atoms. The molecular formula is C14H29Cl2N3O. The molecule has 20 heavy (non-hydrogen) atoms. The zero-order valence-electron chi connectivity index (χ0n) is 12.7. The van der Waals surface area contributed by atoms with E-state index in [4.69, 9.17) is 5.73 Å². The van der Waals surface area contributed by atoms with Gasteiger partial charge in [0.05, 0.1) is 6.54 Å². The topological polar surface area (TPSA) is 58.4 Å². The third-order valence-electron chi connectivity index (χ3n) is 4.16. The summed E-state index contributed by atoms with van der Waals surface area (Å²) in [7, 11) is 0. The van der Waals surface area contributed by atoms with Crippen LogP contribution in [0.4, 0.5) is 0 Å². The van der Waals surface area contributed by atoms with Gasteiger partial charge in [0, 0.05) is 17.6 Å². The van der Waals surface area contributed by atoms with Crippen molar-refractivity contribution in [2.24, 2.45) is 11.7 Å². The number of hydrogen-bond donors (Lipinski definition) is 2. The van der Waals surface area contributed by atoms with Crippen molar-refractivity contribution in [2.75, 3.05) is 13.1 Å². The smallest absolute Gasteiger partial charge is 0.234 e. The van der Waals surface area contributed by atoms with Crippen molar-refractivity contribution in [2.45, 2.75) is 64.1 Å². The summed E-state index contributed by atoms with van der Waals surface area (Å²) in [6, 6.07) is 1.17. The van der Waals surface area contributed by atoms with E-state index in [9.17, 15) is 4.79 Å². The molecule has 2 bridgehead atoms. The van der Waals surface area contributed by atoms with Gasteiger partial charge < -0.3 is 11.1 Å². The number of amides is 1. The highest BCUT2D eigenvalue weighted by Gasteiger charge is 2.40. The van der Waals surface area contributed by atoms with E-state index in [1.54, 1.807) is 0 Å². The highest BCUT2D eigenvalue weighted by molar-refractivity contribution is 5.85. The first-order valence-corrected chi connectivity index (χ1v) is 7.16. The van der Waals surface area contributed by atoms with Gasteiger partial charge in [-0.15, -0.1) is 24.8 Å². The Hall–Kier alpha value is -0.0300. The van der Waals surface area contributed by atoms with Crippen LogP contribution in [0.3, 0.4) is 0 Å². The number of halogens is 2. The summed E-state index contributed by atoms with van der Waals surface area (Å²) in [5.74, 6) is 0.829. The Labute approximate surface area is 135 Å². The highest BCUT2D eigenvalue weighted by Crippen LogP contribution is 2.37. The van der Waals surface area contributed by atoms with Gasteiger partial charge in [0.2, 0.25) is 5.91 Å². The highest BCUT2D eigenvalue weighted by atomic mass is 35.5. The summed E-state index contributed by atoms with van der Waals surface area (Å²) in [6.45, 7) is 7.44. The summed E-state index contributed by atoms with van der Waals surface area (Å²) in [5, 5.41) is 3.06. The van der Waals surface area contributed by atoms with E-state index in [2.05, 4.69) is 10.2 Å². The van der Waals surface area contributed by atoms with E-state index in [-0.39, 0.29) is 36.3 Å². The molecule has 2 unspecified atom stereocenters. The molecule has 2 fully saturated rings. The fraction of sp³-hybridized carbons (Fsp3) is 0.929. The maximum absolute atomic E-state index is 12.0. The van der Waals surface area contributed by atoms with E-state index >= 15 is 0 Å². The van der Waals surface area contributed by atoms with Gasteiger partial charge >= 0.3 is 0 Å². The van der Waals surface area contributed by atoms with Crippen molar-refractivity contribution >= 4 is 30.7 Å². The monoisotopic (exact) mass is 325 g/mol. The van der Waals surface area contributed by atoms with E-state index in [1.807, 2.05) is 20.8 Å². The van der Waals surface area contributed by atoms with Gasteiger partial charge in [0.25, 0.3) is 0 Å². The Morgan fingerprint density at radius 2 is 1.70 bits per heavy atom. The number of carbonyl (C=O) groups excluding carboxylic acids is 1. The zero-order chi connectivity index (χ0) is 13.3. The molecule has 2 aliphatic rings. The van der Waals surface area contributed by atoms with Gasteiger partial charge in [0.1, 0.15) is 0 Å². The maximum Gasteiger partial charge on any atom is 0.234 e. The lowest BCUT2D eigenvalue weighted by atomic mass is 9.91. The molecule has 6 heteroatoms. The van der Waals surface area contributed by atoms with Crippen LogP contribution in [0.25, 0.3) is 0 Å². The fourth-order valence-corrected chi connectivity index (χ4v) is 3.46. The second-order valence-electron chi connectivity index (χ2n) is 6.93. The van der Waals surface area contributed by atoms with Gasteiger partial charge in [-0.05, 0) is 58.9 Å². The van der Waals surface area contributed by atoms with Crippen molar-refractivity contribution in [1.82, 2.24) is 10.2 Å². The first kappa shape index (κ1) is 20.0. The average Bonchev–Trinajstić information content (AvgIpc) is 2.49. The van der Waals surface area contributed by atoms with Crippen molar-refractivity contribution in [1.29, 1.82) is 0 Å². The number of carbonyl (C=O) groups is 1. The summed E-state index contributed by atoms with van der Waals surface area (Å²) in [4.78, 5) is 14.4. The molecule has 3 N–H and O–H groups in total. The molecule has 0 aromatic heterocycles. The van der Waals surface area contributed by atoms with E-state index in [0.717, 1.165) is 6.54 Å². The fourth-order valence-electron chi connectivity index (χ4n) is 3.46. The SMILES string of the molecule is CC(C)(C)NC(=O)CN1C2CCC1CC(CN)C2.Cl.Cl. The van der Waals surface area contributed by atoms with Crippen LogP contribution in [-0.4, -0.2) is 41.5 Å². The van der Waals surface area contributed by atoms with Crippen molar-refractivity contribution in [3.8, 4) is 0 Å². The molecule has 1 amide bonds. The van der Waals surface area contributed by atoms with Crippen LogP contribution >= 0.6 is 24.8 Å². The number of nitrogens with zero attached hydrogens (tertiary/aromatic N) is 1. The molecule has 2 atom stereocenters. The average molecular weight is 326 g/mol. The quantitative estimate of drug-likeness (QED) is 0.833. The standard InChI is InChI=1S/C14H27N3O.2ClH/c1-14(2,3)16-13(18)9-17-11-4-5-12(17)7-10(6-11)8-15;;/h10-12H,4-9,15H2,1-3H3,(H,16,18);2*1H. The molecule has 2 rings (SSSR count). The van der Waals surface area contributed by atoms with E-state index < -0.39 is 0 Å². The number of fused-ring (bicyclic) bond motifs is 2. The Morgan fingerprint density at radius 3 is 2.10 bits per heavy atom. The third kappa shape index (κ3) is 5.06. The van der Waals surface area contributed by atoms with Gasteiger partial charge in [0.15, 0.2) is 0 Å². The van der Waals surface area contributed by atoms with Crippen LogP contribution in [0.15, 0.2) is 0 Å². The summed E-state index contributed by atoms with van der Waals surface area (Å²) >= 11 is 0. The number of hydrogen-bond acceptors (Lipinski definition) is 3. The van der Waals surface area contributed by atoms with Crippen LogP contribution in [-0.2, 0) is 4.79 Å². The summed E-state index contributed by atoms with van der Waals surface area (Å²) in [6.07, 6.45) is 4.83. The predicted octanol–water partition coefficient (Wildman–Crippen LogP) is 1.95. The van der Waals surface area contributed by atoms with Gasteiger partial charge in [-0.25, -0.2) is 0 Å². The van der Waals surface area contributed by atoms with Crippen LogP contribution in [0.1, 0.15) is 46.5 Å². The predicted molar refractivity (Wildman–Crippen MR) is 87.7 cm³/mol. The Kier molecular flexibility index (Phi) is 7.82. The Bertz CT molecular complexity index is 306. The van der Waals surface area contributed by atoms with Crippen LogP contribution in [0.2, 0.25) is 0 Å². The summed E-state index contributed by atoms with van der Waals surface area (Å²) in [5.41, 5.74) is 5.65. The third-order valence-corrected chi connectivity index (χ3v) is 4.16. The lowest BCUT2D eigenvalue weighted by Gasteiger charge is -2.38. The molecule has 2 heterocycles. The van der Waals surface area contributed by atoms with Gasteiger partial charge in [-0.2, -0.15) is 0 Å². The molecule has 0 radical (unpaired) electrons. The first-order valence-electron chi connectivity index (χ1n) is 7.16. The van der Waals surface area contributed by atoms with Gasteiger partial charge in [-0.3, -0.25) is 9.69 Å². The second-order valence-corrected chi connectivity index (χ2v) is 6.93. The van der Waals surface area contributed by atoms with Crippen molar-refractivity contribution in [3.63, 3.8) is 0 Å². The lowest BCUT2D eigenvalue weighted by molar-refractivity contribution is -0.125. The van der Waals surface area contributed by atoms with E-state index in [0.29, 0.717) is 24.5 Å². The second kappa shape index (κ2) is 7.83. The Balaban J connectivity index is 0.00000180. The Morgan fingerprint density at radius 1 is 1.20 bits per heavy atom. The number of rotatable bonds is 3. The molecular weight excluding hydrogens is 297 g/mol. The maximum atomic E-state index is 12.0. The molecule has 2 saturated heterocycles. The molecule has 4 nitrogen and oxygen atoms in total. The number of nitrogens with two attached hydrogens (primary N) is 1. The lowest BCUT2D eigenvalue weighted by Crippen LogP contribution is -2.51. The van der Waals surface area contributed by atoms with Crippen LogP contribution in [0, 0.1) is 5.92 Å². The molecule has 0 saturated carbocycles. The minimum absolute atomic E-state index is 0. The first-order chi connectivity index (χ1) is 8.39. The molecule has 2 aliphatic heterocycles. The minimum Gasteiger partial charge on any atom is -0.350 e. The number of nitrogens with one attached hydrogen (secondary N) is 1. The molecule has 120 valence electrons. The normalized spacial score (nSPS) is 29.3. The van der Waals surface area contributed by atoms with Gasteiger partial charge in [-0.1, -0.05) is 0 Å². The van der Waals surface area contributed by atoms with Crippen molar-refractivity contribution in [3.05, 3.63) is 0 Å². The molecule has 0 aromatic rings. The van der Waals surface area contributed by atoms with E-state index in [1.165, 1.54) is 25.7 Å². The molecule has 0 aliphatic carbocycles. The zero-order valence-corrected chi connectivity index (χ0v) is 14.4. The van der Waals surface area contributed by atoms with Crippen LogP contribution in [0.5, 0.6) is 0 Å². The number of piperidine rings is 1. The minimum atomic E-state index is -0.133. The largest absolute Gasteiger partial charge is 0.350 e. The van der Waals surface area contributed by atoms with Crippen molar-refractivity contribution < 1.29 is 4.79 Å². The summed E-state index contributed by atoms with van der Waals surface area (Å²) < 4.78 is 0. The van der Waals surface area contributed by atoms with Crippen LogP contribution < -0.4 is 11.1 Å². The molecule has 0 aromatic carbocycles.